The van der Waals surface area contributed by atoms with E-state index in [0.717, 1.165) is 40.3 Å². The number of halogens is 3. The number of alkyl halides is 3. The molecule has 1 aliphatic heterocycles. The number of amides is 3. The van der Waals surface area contributed by atoms with Crippen molar-refractivity contribution in [1.29, 1.82) is 0 Å². The highest BCUT2D eigenvalue weighted by molar-refractivity contribution is 5.89. The minimum Gasteiger partial charge on any atom is -0.378 e. The molecule has 1 aromatic heterocycles. The molecule has 1 saturated heterocycles. The summed E-state index contributed by atoms with van der Waals surface area (Å²) in [5.74, 6) is -0.0904. The third-order valence-corrected chi connectivity index (χ3v) is 7.03. The number of ether oxygens (including phenoxy) is 1. The predicted octanol–water partition coefficient (Wildman–Crippen LogP) is 5.77. The largest absolute Gasteiger partial charge is 0.416 e. The zero-order valence-corrected chi connectivity index (χ0v) is 22.9. The van der Waals surface area contributed by atoms with Crippen LogP contribution in [0.3, 0.4) is 0 Å². The molecular weight excluding hydrogens is 547 g/mol. The molecule has 8 nitrogen and oxygen atoms in total. The molecule has 1 fully saturated rings. The normalized spacial score (nSPS) is 13.6. The Balaban J connectivity index is 1.39. The van der Waals surface area contributed by atoms with Crippen LogP contribution >= 0.6 is 0 Å². The fourth-order valence-electron chi connectivity index (χ4n) is 4.66. The topological polar surface area (TPSA) is 88.5 Å². The molecule has 2 heterocycles. The lowest BCUT2D eigenvalue weighted by atomic mass is 10.0. The van der Waals surface area contributed by atoms with Crippen molar-refractivity contribution in [3.05, 3.63) is 90.1 Å². The number of aromatic nitrogens is 2. The summed E-state index contributed by atoms with van der Waals surface area (Å²) in [6.07, 6.45) is -3.66. The summed E-state index contributed by atoms with van der Waals surface area (Å²) < 4.78 is 46.0. The molecule has 42 heavy (non-hydrogen) atoms. The van der Waals surface area contributed by atoms with Crippen LogP contribution < -0.4 is 10.6 Å². The van der Waals surface area contributed by atoms with Gasteiger partial charge in [0.2, 0.25) is 5.91 Å². The number of hydrogen-bond donors (Lipinski definition) is 2. The number of rotatable bonds is 7. The maximum Gasteiger partial charge on any atom is 0.416 e. The van der Waals surface area contributed by atoms with Gasteiger partial charge >= 0.3 is 12.2 Å². The maximum absolute atomic E-state index is 13.0. The second-order valence-electron chi connectivity index (χ2n) is 9.83. The minimum absolute atomic E-state index is 0.0904. The van der Waals surface area contributed by atoms with Crippen LogP contribution in [0.25, 0.3) is 28.1 Å². The number of urea groups is 1. The fraction of sp³-hybridized carbons (Fsp3) is 0.258. The molecule has 2 N–H and O–H groups in total. The van der Waals surface area contributed by atoms with Gasteiger partial charge in [0, 0.05) is 44.2 Å². The Morgan fingerprint density at radius 1 is 0.881 bits per heavy atom. The number of nitrogens with zero attached hydrogens (tertiary/aromatic N) is 3. The van der Waals surface area contributed by atoms with Crippen LogP contribution in [0, 0.1) is 0 Å². The molecule has 0 atom stereocenters. The van der Waals surface area contributed by atoms with Crippen molar-refractivity contribution < 1.29 is 27.5 Å². The van der Waals surface area contributed by atoms with Crippen molar-refractivity contribution in [2.45, 2.75) is 19.0 Å². The van der Waals surface area contributed by atoms with Crippen molar-refractivity contribution in [2.24, 2.45) is 0 Å². The van der Waals surface area contributed by atoms with Crippen molar-refractivity contribution in [3.63, 3.8) is 0 Å². The first-order valence-corrected chi connectivity index (χ1v) is 13.5. The molecule has 218 valence electrons. The van der Waals surface area contributed by atoms with Crippen LogP contribution in [-0.2, 0) is 22.1 Å². The first-order valence-electron chi connectivity index (χ1n) is 13.5. The third kappa shape index (κ3) is 6.80. The number of nitrogens with one attached hydrogen (secondary N) is 2. The number of morpholine rings is 1. The van der Waals surface area contributed by atoms with Gasteiger partial charge in [-0.1, -0.05) is 36.4 Å². The minimum atomic E-state index is -4.39. The Morgan fingerprint density at radius 2 is 1.48 bits per heavy atom. The van der Waals surface area contributed by atoms with Crippen LogP contribution in [0.1, 0.15) is 17.7 Å². The first-order chi connectivity index (χ1) is 20.2. The molecular formula is C31H30F3N5O3. The Labute approximate surface area is 241 Å². The molecule has 5 rings (SSSR count). The number of aryl methyl sites for hydroxylation is 1. The monoisotopic (exact) mass is 577 g/mol. The second-order valence-corrected chi connectivity index (χ2v) is 9.83. The van der Waals surface area contributed by atoms with E-state index in [1.165, 1.54) is 12.1 Å². The molecule has 11 heteroatoms. The third-order valence-electron chi connectivity index (χ3n) is 7.03. The lowest BCUT2D eigenvalue weighted by molar-refractivity contribution is -0.137. The Kier molecular flexibility index (Phi) is 8.58. The summed E-state index contributed by atoms with van der Waals surface area (Å²) in [6, 6.07) is 21.6. The number of benzene rings is 3. The van der Waals surface area contributed by atoms with Gasteiger partial charge in [-0.3, -0.25) is 4.79 Å². The van der Waals surface area contributed by atoms with E-state index in [0.29, 0.717) is 44.0 Å². The summed E-state index contributed by atoms with van der Waals surface area (Å²) in [5, 5.41) is 10.3. The summed E-state index contributed by atoms with van der Waals surface area (Å²) in [6.45, 7) is 2.11. The zero-order chi connectivity index (χ0) is 29.7. The van der Waals surface area contributed by atoms with E-state index in [4.69, 9.17) is 9.84 Å². The highest BCUT2D eigenvalue weighted by atomic mass is 19.4. The number of hydrogen-bond acceptors (Lipinski definition) is 4. The Morgan fingerprint density at radius 3 is 2.07 bits per heavy atom. The second kappa shape index (κ2) is 12.5. The van der Waals surface area contributed by atoms with E-state index in [9.17, 15) is 22.8 Å². The molecule has 0 spiro atoms. The molecule has 4 aromatic rings. The molecule has 1 aliphatic rings. The molecule has 3 amide bonds. The van der Waals surface area contributed by atoms with Gasteiger partial charge < -0.3 is 20.3 Å². The van der Waals surface area contributed by atoms with Gasteiger partial charge in [0.05, 0.1) is 35.9 Å². The lowest BCUT2D eigenvalue weighted by Gasteiger charge is -2.26. The first kappa shape index (κ1) is 28.9. The number of carbonyl (C=O) groups is 2. The van der Waals surface area contributed by atoms with Crippen LogP contribution in [-0.4, -0.2) is 60.0 Å². The summed E-state index contributed by atoms with van der Waals surface area (Å²) >= 11 is 0. The molecule has 0 saturated carbocycles. The van der Waals surface area contributed by atoms with Gasteiger partial charge in [0.25, 0.3) is 0 Å². The van der Waals surface area contributed by atoms with E-state index >= 15 is 0 Å². The van der Waals surface area contributed by atoms with Crippen LogP contribution in [0.15, 0.2) is 78.9 Å². The van der Waals surface area contributed by atoms with Crippen molar-refractivity contribution in [3.8, 4) is 28.1 Å². The van der Waals surface area contributed by atoms with E-state index in [-0.39, 0.29) is 18.4 Å². The molecule has 3 aromatic carbocycles. The highest BCUT2D eigenvalue weighted by Gasteiger charge is 2.30. The molecule has 0 bridgehead atoms. The van der Waals surface area contributed by atoms with Crippen LogP contribution in [0.4, 0.5) is 23.7 Å². The van der Waals surface area contributed by atoms with Crippen LogP contribution in [0.2, 0.25) is 0 Å². The molecule has 0 radical (unpaired) electrons. The summed E-state index contributed by atoms with van der Waals surface area (Å²) in [5.41, 5.74) is 4.51. The van der Waals surface area contributed by atoms with Gasteiger partial charge in [0.15, 0.2) is 0 Å². The summed E-state index contributed by atoms with van der Waals surface area (Å²) in [7, 11) is 1.59. The summed E-state index contributed by atoms with van der Waals surface area (Å²) in [4.78, 5) is 26.1. The van der Waals surface area contributed by atoms with Gasteiger partial charge in [0.1, 0.15) is 0 Å². The molecule has 0 aliphatic carbocycles. The molecule has 0 unspecified atom stereocenters. The van der Waals surface area contributed by atoms with E-state index < -0.39 is 11.7 Å². The number of carbonyl (C=O) groups excluding carboxylic acids is 2. The van der Waals surface area contributed by atoms with Gasteiger partial charge in [-0.25, -0.2) is 9.48 Å². The van der Waals surface area contributed by atoms with E-state index in [2.05, 4.69) is 10.6 Å². The lowest BCUT2D eigenvalue weighted by Crippen LogP contribution is -2.43. The van der Waals surface area contributed by atoms with Gasteiger partial charge in [-0.05, 0) is 53.6 Å². The fourth-order valence-corrected chi connectivity index (χ4v) is 4.66. The van der Waals surface area contributed by atoms with E-state index in [1.54, 1.807) is 28.8 Å². The standard InChI is InChI=1S/C31H30F3N5O3/c1-35-29(40)15-12-26-20-28(23-4-2-21(3-5-23)22-6-8-24(9-7-22)31(32,33)34)39(37-26)27-13-10-25(11-14-27)36-30(41)38-16-18-42-19-17-38/h2-11,13-14,20H,12,15-19H2,1H3,(H,35,40)(H,36,41). The Hall–Kier alpha value is -4.64. The Bertz CT molecular complexity index is 1530. The van der Waals surface area contributed by atoms with Crippen molar-refractivity contribution in [1.82, 2.24) is 20.0 Å². The van der Waals surface area contributed by atoms with Crippen molar-refractivity contribution in [2.75, 3.05) is 38.7 Å². The predicted molar refractivity (Wildman–Crippen MR) is 153 cm³/mol. The van der Waals surface area contributed by atoms with Crippen molar-refractivity contribution >= 4 is 17.6 Å². The highest BCUT2D eigenvalue weighted by Crippen LogP contribution is 2.32. The average molecular weight is 578 g/mol. The quantitative estimate of drug-likeness (QED) is 0.292. The van der Waals surface area contributed by atoms with Gasteiger partial charge in [-0.15, -0.1) is 0 Å². The number of anilines is 1. The zero-order valence-electron chi connectivity index (χ0n) is 22.9. The van der Waals surface area contributed by atoms with E-state index in [1.807, 2.05) is 42.5 Å². The maximum atomic E-state index is 13.0. The SMILES string of the molecule is CNC(=O)CCc1cc(-c2ccc(-c3ccc(C(F)(F)F)cc3)cc2)n(-c2ccc(NC(=O)N3CCOCC3)cc2)n1. The average Bonchev–Trinajstić information content (AvgIpc) is 3.44. The van der Waals surface area contributed by atoms with Crippen LogP contribution in [0.5, 0.6) is 0 Å². The van der Waals surface area contributed by atoms with Gasteiger partial charge in [-0.2, -0.15) is 18.3 Å². The smallest absolute Gasteiger partial charge is 0.378 e.